The fourth-order valence-corrected chi connectivity index (χ4v) is 2.57. The maximum Gasteiger partial charge on any atom is 0.250 e. The van der Waals surface area contributed by atoms with Crippen molar-refractivity contribution in [3.63, 3.8) is 0 Å². The lowest BCUT2D eigenvalue weighted by molar-refractivity contribution is 0.354. The molecular weight excluding hydrogens is 290 g/mol. The minimum atomic E-state index is 0.0470. The van der Waals surface area contributed by atoms with Crippen LogP contribution in [0.3, 0.4) is 0 Å². The molecule has 0 spiro atoms. The topological polar surface area (TPSA) is 40.5 Å². The molecule has 4 nitrogen and oxygen atoms in total. The average molecular weight is 315 g/mol. The van der Waals surface area contributed by atoms with Crippen molar-refractivity contribution in [1.82, 2.24) is 4.57 Å². The molecule has 23 heavy (non-hydrogen) atoms. The van der Waals surface area contributed by atoms with E-state index in [1.165, 1.54) is 5.56 Å². The van der Waals surface area contributed by atoms with Gasteiger partial charge in [-0.2, -0.15) is 0 Å². The van der Waals surface area contributed by atoms with Crippen LogP contribution >= 0.6 is 0 Å². The minimum absolute atomic E-state index is 0.0470. The number of hydrogen-bond donors (Lipinski definition) is 0. The second kappa shape index (κ2) is 8.42. The van der Waals surface area contributed by atoms with Crippen LogP contribution in [0.1, 0.15) is 30.9 Å². The van der Waals surface area contributed by atoms with Crippen LogP contribution in [-0.2, 0) is 19.4 Å². The Balaban J connectivity index is 2.09. The van der Waals surface area contributed by atoms with E-state index >= 15 is 0 Å². The van der Waals surface area contributed by atoms with Gasteiger partial charge in [-0.15, -0.1) is 0 Å². The van der Waals surface area contributed by atoms with Gasteiger partial charge in [-0.3, -0.25) is 4.79 Å². The SMILES string of the molecule is CCCCc1ccc(=O)n(CCc2ccc(OC)c(OC)c2)c1. The molecule has 0 bridgehead atoms. The van der Waals surface area contributed by atoms with Crippen LogP contribution in [0.5, 0.6) is 11.5 Å². The predicted molar refractivity (Wildman–Crippen MR) is 92.6 cm³/mol. The van der Waals surface area contributed by atoms with Gasteiger partial charge < -0.3 is 14.0 Å². The molecule has 4 heteroatoms. The highest BCUT2D eigenvalue weighted by Gasteiger charge is 2.05. The number of aromatic nitrogens is 1. The number of unbranched alkanes of at least 4 members (excludes halogenated alkanes) is 1. The van der Waals surface area contributed by atoms with E-state index in [1.54, 1.807) is 24.9 Å². The fraction of sp³-hybridized carbons (Fsp3) is 0.421. The van der Waals surface area contributed by atoms with Crippen molar-refractivity contribution in [1.29, 1.82) is 0 Å². The molecule has 0 unspecified atom stereocenters. The summed E-state index contributed by atoms with van der Waals surface area (Å²) in [7, 11) is 3.25. The molecule has 0 radical (unpaired) electrons. The summed E-state index contributed by atoms with van der Waals surface area (Å²) in [5.41, 5.74) is 2.39. The predicted octanol–water partition coefficient (Wildman–Crippen LogP) is 3.45. The molecule has 0 aliphatic carbocycles. The summed E-state index contributed by atoms with van der Waals surface area (Å²) in [4.78, 5) is 12.0. The number of pyridine rings is 1. The Kier molecular flexibility index (Phi) is 6.27. The van der Waals surface area contributed by atoms with Gasteiger partial charge in [0.2, 0.25) is 0 Å². The summed E-state index contributed by atoms with van der Waals surface area (Å²) >= 11 is 0. The van der Waals surface area contributed by atoms with Gasteiger partial charge in [-0.05, 0) is 42.5 Å². The van der Waals surface area contributed by atoms with Gasteiger partial charge in [-0.25, -0.2) is 0 Å². The summed E-state index contributed by atoms with van der Waals surface area (Å²) in [5.74, 6) is 1.43. The van der Waals surface area contributed by atoms with Crippen LogP contribution in [-0.4, -0.2) is 18.8 Å². The first-order chi connectivity index (χ1) is 11.2. The fourth-order valence-electron chi connectivity index (χ4n) is 2.57. The number of nitrogens with zero attached hydrogens (tertiary/aromatic N) is 1. The van der Waals surface area contributed by atoms with Crippen LogP contribution < -0.4 is 15.0 Å². The van der Waals surface area contributed by atoms with Crippen LogP contribution in [0.2, 0.25) is 0 Å². The molecule has 0 amide bonds. The van der Waals surface area contributed by atoms with E-state index in [4.69, 9.17) is 9.47 Å². The Bertz CT molecular complexity index is 691. The smallest absolute Gasteiger partial charge is 0.250 e. The van der Waals surface area contributed by atoms with Crippen molar-refractivity contribution >= 4 is 0 Å². The highest BCUT2D eigenvalue weighted by Crippen LogP contribution is 2.27. The molecule has 1 aromatic carbocycles. The standard InChI is InChI=1S/C19H25NO3/c1-4-5-6-16-8-10-19(21)20(14-16)12-11-15-7-9-17(22-2)18(13-15)23-3/h7-10,13-14H,4-6,11-12H2,1-3H3. The van der Waals surface area contributed by atoms with Crippen molar-refractivity contribution in [2.75, 3.05) is 14.2 Å². The summed E-state index contributed by atoms with van der Waals surface area (Å²) in [6, 6.07) is 9.47. The summed E-state index contributed by atoms with van der Waals surface area (Å²) in [6.07, 6.45) is 6.09. The van der Waals surface area contributed by atoms with E-state index < -0.39 is 0 Å². The highest BCUT2D eigenvalue weighted by atomic mass is 16.5. The van der Waals surface area contributed by atoms with Crippen molar-refractivity contribution in [3.8, 4) is 11.5 Å². The van der Waals surface area contributed by atoms with Crippen LogP contribution in [0.25, 0.3) is 0 Å². The molecular formula is C19H25NO3. The van der Waals surface area contributed by atoms with Gasteiger partial charge in [-0.1, -0.05) is 25.5 Å². The lowest BCUT2D eigenvalue weighted by Gasteiger charge is -2.11. The van der Waals surface area contributed by atoms with E-state index in [0.717, 1.165) is 37.0 Å². The summed E-state index contributed by atoms with van der Waals surface area (Å²) in [6.45, 7) is 2.83. The maximum absolute atomic E-state index is 12.0. The lowest BCUT2D eigenvalue weighted by Crippen LogP contribution is -2.20. The molecule has 0 saturated heterocycles. The van der Waals surface area contributed by atoms with Crippen molar-refractivity contribution in [3.05, 3.63) is 58.0 Å². The Morgan fingerprint density at radius 2 is 1.70 bits per heavy atom. The number of methoxy groups -OCH3 is 2. The molecule has 1 aromatic heterocycles. The molecule has 2 aromatic rings. The Hall–Kier alpha value is -2.23. The molecule has 124 valence electrons. The van der Waals surface area contributed by atoms with Crippen LogP contribution in [0.15, 0.2) is 41.3 Å². The number of ether oxygens (including phenoxy) is 2. The van der Waals surface area contributed by atoms with Gasteiger partial charge >= 0.3 is 0 Å². The highest BCUT2D eigenvalue weighted by molar-refractivity contribution is 5.42. The number of benzene rings is 1. The third-order valence-electron chi connectivity index (χ3n) is 3.95. The second-order valence-corrected chi connectivity index (χ2v) is 5.61. The molecule has 0 saturated carbocycles. The minimum Gasteiger partial charge on any atom is -0.493 e. The number of hydrogen-bond acceptors (Lipinski definition) is 3. The molecule has 0 atom stereocenters. The summed E-state index contributed by atoms with van der Waals surface area (Å²) < 4.78 is 12.4. The summed E-state index contributed by atoms with van der Waals surface area (Å²) in [5, 5.41) is 0. The van der Waals surface area contributed by atoms with Gasteiger partial charge in [0.1, 0.15) is 0 Å². The van der Waals surface area contributed by atoms with E-state index in [-0.39, 0.29) is 5.56 Å². The van der Waals surface area contributed by atoms with E-state index in [1.807, 2.05) is 30.5 Å². The Morgan fingerprint density at radius 1 is 0.957 bits per heavy atom. The molecule has 2 rings (SSSR count). The van der Waals surface area contributed by atoms with Crippen molar-refractivity contribution < 1.29 is 9.47 Å². The van der Waals surface area contributed by atoms with E-state index in [2.05, 4.69) is 6.92 Å². The normalized spacial score (nSPS) is 10.6. The zero-order valence-corrected chi connectivity index (χ0v) is 14.2. The quantitative estimate of drug-likeness (QED) is 0.749. The first-order valence-corrected chi connectivity index (χ1v) is 8.08. The third-order valence-corrected chi connectivity index (χ3v) is 3.95. The Labute approximate surface area is 137 Å². The zero-order chi connectivity index (χ0) is 16.7. The van der Waals surface area contributed by atoms with Gasteiger partial charge in [0.05, 0.1) is 14.2 Å². The van der Waals surface area contributed by atoms with Crippen molar-refractivity contribution in [2.45, 2.75) is 39.2 Å². The molecule has 0 fully saturated rings. The number of rotatable bonds is 8. The number of aryl methyl sites for hydroxylation is 3. The Morgan fingerprint density at radius 3 is 2.39 bits per heavy atom. The third kappa shape index (κ3) is 4.62. The zero-order valence-electron chi connectivity index (χ0n) is 14.2. The van der Waals surface area contributed by atoms with E-state index in [0.29, 0.717) is 12.3 Å². The van der Waals surface area contributed by atoms with E-state index in [9.17, 15) is 4.79 Å². The van der Waals surface area contributed by atoms with Crippen LogP contribution in [0.4, 0.5) is 0 Å². The first-order valence-electron chi connectivity index (χ1n) is 8.08. The van der Waals surface area contributed by atoms with Crippen LogP contribution in [0, 0.1) is 0 Å². The molecule has 0 aliphatic rings. The molecule has 1 heterocycles. The second-order valence-electron chi connectivity index (χ2n) is 5.61. The monoisotopic (exact) mass is 315 g/mol. The lowest BCUT2D eigenvalue weighted by atomic mass is 10.1. The molecule has 0 N–H and O–H groups in total. The van der Waals surface area contributed by atoms with Gasteiger partial charge in [0.15, 0.2) is 11.5 Å². The van der Waals surface area contributed by atoms with Gasteiger partial charge in [0, 0.05) is 18.8 Å². The molecule has 0 aliphatic heterocycles. The maximum atomic E-state index is 12.0. The largest absolute Gasteiger partial charge is 0.493 e. The van der Waals surface area contributed by atoms with Gasteiger partial charge in [0.25, 0.3) is 5.56 Å². The van der Waals surface area contributed by atoms with Crippen molar-refractivity contribution in [2.24, 2.45) is 0 Å². The average Bonchev–Trinajstić information content (AvgIpc) is 2.59. The first kappa shape index (κ1) is 17.1.